The maximum absolute atomic E-state index is 12.5. The molecule has 0 unspecified atom stereocenters. The van der Waals surface area contributed by atoms with Crippen LogP contribution in [0.15, 0.2) is 42.5 Å². The Kier molecular flexibility index (Phi) is 7.35. The number of halogens is 1. The van der Waals surface area contributed by atoms with Gasteiger partial charge in [0.25, 0.3) is 5.91 Å². The van der Waals surface area contributed by atoms with E-state index in [9.17, 15) is 14.4 Å². The van der Waals surface area contributed by atoms with Crippen molar-refractivity contribution in [3.8, 4) is 0 Å². The fourth-order valence-electron chi connectivity index (χ4n) is 2.79. The quantitative estimate of drug-likeness (QED) is 0.559. The number of carbonyl (C=O) groups excluding carboxylic acids is 3. The maximum atomic E-state index is 12.5. The minimum atomic E-state index is -0.893. The minimum absolute atomic E-state index is 0.227. The first-order valence-electron chi connectivity index (χ1n) is 9.03. The van der Waals surface area contributed by atoms with E-state index in [-0.39, 0.29) is 23.9 Å². The Labute approximate surface area is 170 Å². The van der Waals surface area contributed by atoms with Gasteiger partial charge in [0, 0.05) is 5.56 Å². The topological polar surface area (TPSA) is 72.5 Å². The lowest BCUT2D eigenvalue weighted by molar-refractivity contribution is -0.145. The van der Waals surface area contributed by atoms with E-state index in [1.165, 1.54) is 0 Å². The van der Waals surface area contributed by atoms with E-state index in [1.54, 1.807) is 44.2 Å². The predicted molar refractivity (Wildman–Crippen MR) is 109 cm³/mol. The summed E-state index contributed by atoms with van der Waals surface area (Å²) in [5.41, 5.74) is 2.66. The number of hydrogen-bond donors (Lipinski definition) is 1. The standard InChI is InChI=1S/C22H24ClNO4/c1-13(2)20(24-21(26)17-7-5-6-8-18(17)23)22(27)28-12-19(25)16-10-9-14(3)11-15(16)4/h5-11,13,20H,12H2,1-4H3,(H,24,26)/t20-/m0/s1. The van der Waals surface area contributed by atoms with Gasteiger partial charge in [0.15, 0.2) is 6.61 Å². The van der Waals surface area contributed by atoms with Crippen LogP contribution < -0.4 is 5.32 Å². The Hall–Kier alpha value is -2.66. The Balaban J connectivity index is 2.03. The average Bonchev–Trinajstić information content (AvgIpc) is 2.63. The van der Waals surface area contributed by atoms with Crippen LogP contribution in [0.1, 0.15) is 45.7 Å². The molecule has 6 heteroatoms. The summed E-state index contributed by atoms with van der Waals surface area (Å²) in [4.78, 5) is 37.3. The van der Waals surface area contributed by atoms with Gasteiger partial charge in [0.1, 0.15) is 6.04 Å². The lowest BCUT2D eigenvalue weighted by Crippen LogP contribution is -2.45. The maximum Gasteiger partial charge on any atom is 0.329 e. The molecular formula is C22H24ClNO4. The number of nitrogens with one attached hydrogen (secondary N) is 1. The van der Waals surface area contributed by atoms with E-state index in [1.807, 2.05) is 26.0 Å². The third-order valence-electron chi connectivity index (χ3n) is 4.35. The molecule has 0 aliphatic rings. The number of hydrogen-bond acceptors (Lipinski definition) is 4. The van der Waals surface area contributed by atoms with Crippen molar-refractivity contribution in [3.05, 3.63) is 69.7 Å². The van der Waals surface area contributed by atoms with Crippen LogP contribution in [0.5, 0.6) is 0 Å². The van der Waals surface area contributed by atoms with Gasteiger partial charge in [-0.15, -0.1) is 0 Å². The van der Waals surface area contributed by atoms with Crippen LogP contribution in [-0.2, 0) is 9.53 Å². The van der Waals surface area contributed by atoms with E-state index in [0.29, 0.717) is 10.6 Å². The monoisotopic (exact) mass is 401 g/mol. The van der Waals surface area contributed by atoms with Gasteiger partial charge in [-0.05, 0) is 37.5 Å². The molecule has 2 aromatic rings. The lowest BCUT2D eigenvalue weighted by Gasteiger charge is -2.21. The summed E-state index contributed by atoms with van der Waals surface area (Å²) in [5, 5.41) is 2.94. The molecule has 0 bridgehead atoms. The molecule has 2 aromatic carbocycles. The third kappa shape index (κ3) is 5.42. The number of esters is 1. The van der Waals surface area contributed by atoms with E-state index in [4.69, 9.17) is 16.3 Å². The van der Waals surface area contributed by atoms with Crippen molar-refractivity contribution in [2.45, 2.75) is 33.7 Å². The number of Topliss-reactive ketones (excluding diaryl/α,β-unsaturated/α-hetero) is 1. The molecule has 0 saturated carbocycles. The average molecular weight is 402 g/mol. The number of carbonyl (C=O) groups is 3. The number of benzene rings is 2. The second-order valence-corrected chi connectivity index (χ2v) is 7.43. The van der Waals surface area contributed by atoms with Crippen molar-refractivity contribution in [3.63, 3.8) is 0 Å². The summed E-state index contributed by atoms with van der Waals surface area (Å²) in [6.07, 6.45) is 0. The molecule has 1 amide bonds. The first kappa shape index (κ1) is 21.6. The van der Waals surface area contributed by atoms with Crippen molar-refractivity contribution in [2.75, 3.05) is 6.61 Å². The molecule has 5 nitrogen and oxygen atoms in total. The zero-order valence-electron chi connectivity index (χ0n) is 16.4. The fourth-order valence-corrected chi connectivity index (χ4v) is 3.01. The van der Waals surface area contributed by atoms with Crippen LogP contribution in [0, 0.1) is 19.8 Å². The van der Waals surface area contributed by atoms with Crippen LogP contribution >= 0.6 is 11.6 Å². The molecule has 148 valence electrons. The molecule has 0 radical (unpaired) electrons. The van der Waals surface area contributed by atoms with Gasteiger partial charge in [0.2, 0.25) is 5.78 Å². The molecule has 0 fully saturated rings. The van der Waals surface area contributed by atoms with Gasteiger partial charge in [-0.3, -0.25) is 9.59 Å². The molecule has 0 spiro atoms. The molecular weight excluding hydrogens is 378 g/mol. The lowest BCUT2D eigenvalue weighted by atomic mass is 10.0. The number of rotatable bonds is 7. The summed E-state index contributed by atoms with van der Waals surface area (Å²) in [6, 6.07) is 11.1. The summed E-state index contributed by atoms with van der Waals surface area (Å²) in [7, 11) is 0. The molecule has 1 N–H and O–H groups in total. The highest BCUT2D eigenvalue weighted by Crippen LogP contribution is 2.16. The Morgan fingerprint density at radius 1 is 1.04 bits per heavy atom. The smallest absolute Gasteiger partial charge is 0.329 e. The van der Waals surface area contributed by atoms with Crippen molar-refractivity contribution < 1.29 is 19.1 Å². The molecule has 2 rings (SSSR count). The molecule has 0 heterocycles. The van der Waals surface area contributed by atoms with E-state index >= 15 is 0 Å². The predicted octanol–water partition coefficient (Wildman–Crippen LogP) is 4.14. The van der Waals surface area contributed by atoms with Gasteiger partial charge >= 0.3 is 5.97 Å². The third-order valence-corrected chi connectivity index (χ3v) is 4.68. The summed E-state index contributed by atoms with van der Waals surface area (Å²) in [5.74, 6) is -1.64. The first-order valence-corrected chi connectivity index (χ1v) is 9.41. The minimum Gasteiger partial charge on any atom is -0.456 e. The summed E-state index contributed by atoms with van der Waals surface area (Å²) >= 11 is 6.04. The van der Waals surface area contributed by atoms with Gasteiger partial charge in [0.05, 0.1) is 10.6 Å². The van der Waals surface area contributed by atoms with E-state index in [2.05, 4.69) is 5.32 Å². The number of aryl methyl sites for hydroxylation is 2. The molecule has 28 heavy (non-hydrogen) atoms. The Morgan fingerprint density at radius 2 is 1.71 bits per heavy atom. The zero-order chi connectivity index (χ0) is 20.8. The van der Waals surface area contributed by atoms with E-state index < -0.39 is 17.9 Å². The van der Waals surface area contributed by atoms with Crippen LogP contribution in [-0.4, -0.2) is 30.3 Å². The second kappa shape index (κ2) is 9.51. The van der Waals surface area contributed by atoms with Crippen LogP contribution in [0.3, 0.4) is 0 Å². The molecule has 0 aliphatic heterocycles. The van der Waals surface area contributed by atoms with Crippen LogP contribution in [0.2, 0.25) is 5.02 Å². The van der Waals surface area contributed by atoms with Crippen molar-refractivity contribution in [1.29, 1.82) is 0 Å². The molecule has 1 atom stereocenters. The van der Waals surface area contributed by atoms with Crippen molar-refractivity contribution >= 4 is 29.3 Å². The fraction of sp³-hybridized carbons (Fsp3) is 0.318. The highest BCUT2D eigenvalue weighted by Gasteiger charge is 2.27. The van der Waals surface area contributed by atoms with Gasteiger partial charge in [-0.25, -0.2) is 4.79 Å². The van der Waals surface area contributed by atoms with Gasteiger partial charge < -0.3 is 10.1 Å². The van der Waals surface area contributed by atoms with Crippen LogP contribution in [0.25, 0.3) is 0 Å². The Morgan fingerprint density at radius 3 is 2.32 bits per heavy atom. The number of ketones is 1. The number of amides is 1. The summed E-state index contributed by atoms with van der Waals surface area (Å²) in [6.45, 7) is 6.96. The van der Waals surface area contributed by atoms with Crippen molar-refractivity contribution in [2.24, 2.45) is 5.92 Å². The van der Waals surface area contributed by atoms with Gasteiger partial charge in [-0.2, -0.15) is 0 Å². The SMILES string of the molecule is Cc1ccc(C(=O)COC(=O)[C@@H](NC(=O)c2ccccc2Cl)C(C)C)c(C)c1. The van der Waals surface area contributed by atoms with E-state index in [0.717, 1.165) is 11.1 Å². The largest absolute Gasteiger partial charge is 0.456 e. The molecule has 0 saturated heterocycles. The second-order valence-electron chi connectivity index (χ2n) is 7.02. The molecule has 0 aliphatic carbocycles. The highest BCUT2D eigenvalue weighted by atomic mass is 35.5. The van der Waals surface area contributed by atoms with Crippen LogP contribution in [0.4, 0.5) is 0 Å². The first-order chi connectivity index (χ1) is 13.2. The van der Waals surface area contributed by atoms with Gasteiger partial charge in [-0.1, -0.05) is 61.3 Å². The van der Waals surface area contributed by atoms with Crippen molar-refractivity contribution in [1.82, 2.24) is 5.32 Å². The highest BCUT2D eigenvalue weighted by molar-refractivity contribution is 6.33. The number of ether oxygens (including phenoxy) is 1. The Bertz CT molecular complexity index is 892. The summed E-state index contributed by atoms with van der Waals surface area (Å²) < 4.78 is 5.20. The molecule has 0 aromatic heterocycles. The normalized spacial score (nSPS) is 11.8. The zero-order valence-corrected chi connectivity index (χ0v) is 17.2.